The minimum atomic E-state index is -0.327. The summed E-state index contributed by atoms with van der Waals surface area (Å²) in [6.07, 6.45) is 0.551. The van der Waals surface area contributed by atoms with Crippen LogP contribution in [0.15, 0.2) is 62.9 Å². The molecule has 174 valence electrons. The molecule has 1 atom stereocenters. The van der Waals surface area contributed by atoms with Crippen molar-refractivity contribution in [1.29, 1.82) is 0 Å². The summed E-state index contributed by atoms with van der Waals surface area (Å²) >= 11 is 2.80. The van der Waals surface area contributed by atoms with E-state index in [1.807, 2.05) is 31.4 Å². The average Bonchev–Trinajstić information content (AvgIpc) is 3.56. The minimum absolute atomic E-state index is 0.0650. The van der Waals surface area contributed by atoms with E-state index in [0.29, 0.717) is 17.4 Å². The van der Waals surface area contributed by atoms with Crippen LogP contribution in [0.3, 0.4) is 0 Å². The van der Waals surface area contributed by atoms with E-state index >= 15 is 0 Å². The van der Waals surface area contributed by atoms with Crippen LogP contribution in [0.25, 0.3) is 5.78 Å². The molecule has 4 heterocycles. The molecule has 1 aliphatic rings. The molecule has 1 unspecified atom stereocenters. The second kappa shape index (κ2) is 9.15. The largest absolute Gasteiger partial charge is 0.291 e. The van der Waals surface area contributed by atoms with Crippen molar-refractivity contribution in [3.63, 3.8) is 0 Å². The van der Waals surface area contributed by atoms with Gasteiger partial charge in [0.25, 0.3) is 11.5 Å². The Balaban J connectivity index is 1.42. The van der Waals surface area contributed by atoms with E-state index < -0.39 is 0 Å². The SMILES string of the molecule is CC(C)c1cc(=O)[nH]c2nnc(SCC(=O)N3N=C(c4cccs4)CC3c3ccc(F)cc3)n12. The van der Waals surface area contributed by atoms with Gasteiger partial charge in [0.2, 0.25) is 5.78 Å². The van der Waals surface area contributed by atoms with Crippen molar-refractivity contribution in [2.24, 2.45) is 5.10 Å². The monoisotopic (exact) mass is 496 g/mol. The average molecular weight is 497 g/mol. The topological polar surface area (TPSA) is 95.7 Å². The van der Waals surface area contributed by atoms with E-state index in [2.05, 4.69) is 20.3 Å². The van der Waals surface area contributed by atoms with Gasteiger partial charge < -0.3 is 0 Å². The number of halogens is 1. The molecular formula is C23H21FN6O2S2. The fraction of sp³-hybridized carbons (Fsp3) is 0.261. The van der Waals surface area contributed by atoms with Crippen molar-refractivity contribution in [3.8, 4) is 0 Å². The van der Waals surface area contributed by atoms with Crippen molar-refractivity contribution in [3.05, 3.63) is 80.2 Å². The lowest BCUT2D eigenvalue weighted by molar-refractivity contribution is -0.130. The highest BCUT2D eigenvalue weighted by atomic mass is 32.2. The lowest BCUT2D eigenvalue weighted by Crippen LogP contribution is -2.28. The second-order valence-electron chi connectivity index (χ2n) is 8.18. The number of amides is 1. The van der Waals surface area contributed by atoms with E-state index in [9.17, 15) is 14.0 Å². The number of hydrogen-bond donors (Lipinski definition) is 1. The lowest BCUT2D eigenvalue weighted by Gasteiger charge is -2.22. The van der Waals surface area contributed by atoms with E-state index in [1.165, 1.54) is 35.0 Å². The van der Waals surface area contributed by atoms with Crippen LogP contribution in [0.5, 0.6) is 0 Å². The summed E-state index contributed by atoms with van der Waals surface area (Å²) in [5, 5.41) is 16.9. The Morgan fingerprint density at radius 1 is 1.26 bits per heavy atom. The predicted octanol–water partition coefficient (Wildman–Crippen LogP) is 4.21. The Morgan fingerprint density at radius 2 is 2.06 bits per heavy atom. The summed E-state index contributed by atoms with van der Waals surface area (Å²) in [7, 11) is 0. The predicted molar refractivity (Wildman–Crippen MR) is 130 cm³/mol. The van der Waals surface area contributed by atoms with Crippen LogP contribution in [0.2, 0.25) is 0 Å². The molecule has 0 spiro atoms. The Hall–Kier alpha value is -3.31. The molecule has 8 nitrogen and oxygen atoms in total. The quantitative estimate of drug-likeness (QED) is 0.404. The maximum absolute atomic E-state index is 13.5. The van der Waals surface area contributed by atoms with Gasteiger partial charge in [-0.05, 0) is 35.1 Å². The minimum Gasteiger partial charge on any atom is -0.291 e. The highest BCUT2D eigenvalue weighted by Gasteiger charge is 2.33. The lowest BCUT2D eigenvalue weighted by atomic mass is 10.0. The van der Waals surface area contributed by atoms with Gasteiger partial charge in [-0.15, -0.1) is 21.5 Å². The van der Waals surface area contributed by atoms with Gasteiger partial charge in [-0.2, -0.15) is 5.10 Å². The van der Waals surface area contributed by atoms with Gasteiger partial charge in [-0.1, -0.05) is 43.8 Å². The molecule has 11 heteroatoms. The summed E-state index contributed by atoms with van der Waals surface area (Å²) in [5.74, 6) is -0.0359. The van der Waals surface area contributed by atoms with Gasteiger partial charge in [0.15, 0.2) is 5.16 Å². The number of thioether (sulfide) groups is 1. The molecule has 1 aliphatic heterocycles. The number of carbonyl (C=O) groups is 1. The van der Waals surface area contributed by atoms with Crippen LogP contribution in [0, 0.1) is 5.82 Å². The van der Waals surface area contributed by atoms with Gasteiger partial charge in [0.1, 0.15) is 5.82 Å². The molecule has 4 aromatic rings. The molecule has 0 saturated heterocycles. The molecule has 1 amide bonds. The fourth-order valence-corrected chi connectivity index (χ4v) is 5.44. The Kier molecular flexibility index (Phi) is 6.05. The van der Waals surface area contributed by atoms with Gasteiger partial charge in [0.05, 0.1) is 22.4 Å². The molecule has 1 N–H and O–H groups in total. The van der Waals surface area contributed by atoms with Crippen LogP contribution in [-0.4, -0.2) is 42.0 Å². The molecule has 1 aromatic carbocycles. The molecule has 3 aromatic heterocycles. The standard InChI is InChI=1S/C23H21FN6O2S2/c1-13(2)17-11-20(31)25-22-26-27-23(29(17)22)34-12-21(32)30-18(14-5-7-15(24)8-6-14)10-16(28-30)19-4-3-9-33-19/h3-9,11,13,18H,10,12H2,1-2H3,(H,25,26,31). The van der Waals surface area contributed by atoms with Crippen molar-refractivity contribution in [2.75, 3.05) is 5.75 Å². The summed E-state index contributed by atoms with van der Waals surface area (Å²) < 4.78 is 15.3. The number of hydrogen-bond acceptors (Lipinski definition) is 7. The number of thiophene rings is 1. The van der Waals surface area contributed by atoms with E-state index in [-0.39, 0.29) is 35.0 Å². The molecule has 5 rings (SSSR count). The van der Waals surface area contributed by atoms with Crippen LogP contribution in [-0.2, 0) is 4.79 Å². The number of rotatable bonds is 6. The van der Waals surface area contributed by atoms with Crippen LogP contribution < -0.4 is 5.56 Å². The van der Waals surface area contributed by atoms with Gasteiger partial charge in [-0.3, -0.25) is 19.0 Å². The number of hydrazone groups is 1. The number of nitrogens with one attached hydrogen (secondary N) is 1. The number of fused-ring (bicyclic) bond motifs is 1. The Bertz CT molecular complexity index is 1430. The van der Waals surface area contributed by atoms with E-state index in [4.69, 9.17) is 0 Å². The summed E-state index contributed by atoms with van der Waals surface area (Å²) in [6, 6.07) is 11.3. The smallest absolute Gasteiger partial charge is 0.253 e. The number of H-pyrrole nitrogens is 1. The van der Waals surface area contributed by atoms with Crippen molar-refractivity contribution >= 4 is 40.5 Å². The van der Waals surface area contributed by atoms with Gasteiger partial charge in [0, 0.05) is 18.2 Å². The highest BCUT2D eigenvalue weighted by Crippen LogP contribution is 2.34. The summed E-state index contributed by atoms with van der Waals surface area (Å²) in [6.45, 7) is 3.96. The maximum atomic E-state index is 13.5. The fourth-order valence-electron chi connectivity index (χ4n) is 3.92. The first-order valence-corrected chi connectivity index (χ1v) is 12.6. The summed E-state index contributed by atoms with van der Waals surface area (Å²) in [5.41, 5.74) is 2.17. The molecule has 34 heavy (non-hydrogen) atoms. The normalized spacial score (nSPS) is 15.9. The summed E-state index contributed by atoms with van der Waals surface area (Å²) in [4.78, 5) is 28.9. The third kappa shape index (κ3) is 4.28. The first kappa shape index (κ1) is 22.5. The third-order valence-electron chi connectivity index (χ3n) is 5.55. The van der Waals surface area contributed by atoms with Gasteiger partial charge >= 0.3 is 0 Å². The van der Waals surface area contributed by atoms with Crippen molar-refractivity contribution < 1.29 is 9.18 Å². The van der Waals surface area contributed by atoms with Gasteiger partial charge in [-0.25, -0.2) is 9.40 Å². The maximum Gasteiger partial charge on any atom is 0.253 e. The molecule has 0 bridgehead atoms. The van der Waals surface area contributed by atoms with Crippen LogP contribution >= 0.6 is 23.1 Å². The van der Waals surface area contributed by atoms with E-state index in [1.54, 1.807) is 27.9 Å². The molecule has 0 radical (unpaired) electrons. The zero-order chi connectivity index (χ0) is 23.8. The molecule has 0 aliphatic carbocycles. The molecular weight excluding hydrogens is 475 g/mol. The van der Waals surface area contributed by atoms with Crippen LogP contribution in [0.4, 0.5) is 4.39 Å². The first-order chi connectivity index (χ1) is 16.4. The number of carbonyl (C=O) groups excluding carboxylic acids is 1. The number of aromatic nitrogens is 4. The zero-order valence-corrected chi connectivity index (χ0v) is 20.1. The molecule has 0 fully saturated rings. The van der Waals surface area contributed by atoms with Crippen LogP contribution in [0.1, 0.15) is 48.4 Å². The van der Waals surface area contributed by atoms with Crippen molar-refractivity contribution in [2.45, 2.75) is 37.4 Å². The zero-order valence-electron chi connectivity index (χ0n) is 18.4. The first-order valence-electron chi connectivity index (χ1n) is 10.7. The highest BCUT2D eigenvalue weighted by molar-refractivity contribution is 7.99. The Labute approximate surface area is 202 Å². The number of benzene rings is 1. The van der Waals surface area contributed by atoms with E-state index in [0.717, 1.165) is 21.8 Å². The number of aromatic amines is 1. The second-order valence-corrected chi connectivity index (χ2v) is 10.1. The molecule has 0 saturated carbocycles. The van der Waals surface area contributed by atoms with Crippen molar-refractivity contribution in [1.82, 2.24) is 24.6 Å². The third-order valence-corrected chi connectivity index (χ3v) is 7.38. The Morgan fingerprint density at radius 3 is 2.76 bits per heavy atom. The number of nitrogens with zero attached hydrogens (tertiary/aromatic N) is 5.